The van der Waals surface area contributed by atoms with E-state index < -0.39 is 6.09 Å². The molecular formula is C28H25N5O4S2. The fourth-order valence-corrected chi connectivity index (χ4v) is 5.54. The SMILES string of the molecule is COc1ccc(OC)c(Nc2nc(N)c(-c3nc(-c4cccc(NC(=O)OCc5ccccc5)c4)cs3)s2)c1. The summed E-state index contributed by atoms with van der Waals surface area (Å²) in [5.41, 5.74) is 10.1. The van der Waals surface area contributed by atoms with Gasteiger partial charge in [-0.05, 0) is 29.8 Å². The van der Waals surface area contributed by atoms with Gasteiger partial charge in [0, 0.05) is 22.7 Å². The number of carbonyl (C=O) groups excluding carboxylic acids is 1. The highest BCUT2D eigenvalue weighted by molar-refractivity contribution is 7.23. The largest absolute Gasteiger partial charge is 0.497 e. The predicted octanol–water partition coefficient (Wildman–Crippen LogP) is 7.03. The van der Waals surface area contributed by atoms with Crippen LogP contribution in [0.2, 0.25) is 0 Å². The van der Waals surface area contributed by atoms with Gasteiger partial charge in [0.15, 0.2) is 5.13 Å². The molecule has 2 heterocycles. The summed E-state index contributed by atoms with van der Waals surface area (Å²) in [7, 11) is 3.21. The van der Waals surface area contributed by atoms with Crippen LogP contribution < -0.4 is 25.8 Å². The zero-order valence-corrected chi connectivity index (χ0v) is 22.8. The molecule has 11 heteroatoms. The van der Waals surface area contributed by atoms with Crippen LogP contribution >= 0.6 is 22.7 Å². The Morgan fingerprint density at radius 2 is 1.82 bits per heavy atom. The highest BCUT2D eigenvalue weighted by atomic mass is 32.1. The van der Waals surface area contributed by atoms with Crippen molar-refractivity contribution in [3.8, 4) is 32.6 Å². The van der Waals surface area contributed by atoms with Crippen molar-refractivity contribution in [2.75, 3.05) is 30.6 Å². The molecule has 0 saturated carbocycles. The summed E-state index contributed by atoms with van der Waals surface area (Å²) in [5.74, 6) is 1.72. The van der Waals surface area contributed by atoms with Crippen LogP contribution in [0.15, 0.2) is 78.2 Å². The molecule has 5 aromatic rings. The molecule has 0 bridgehead atoms. The van der Waals surface area contributed by atoms with E-state index in [1.54, 1.807) is 20.3 Å². The molecule has 0 fully saturated rings. The smallest absolute Gasteiger partial charge is 0.411 e. The van der Waals surface area contributed by atoms with Gasteiger partial charge in [0.1, 0.15) is 33.8 Å². The molecule has 1 amide bonds. The third kappa shape index (κ3) is 6.28. The van der Waals surface area contributed by atoms with Crippen LogP contribution in [0.3, 0.4) is 0 Å². The number of anilines is 4. The van der Waals surface area contributed by atoms with E-state index in [1.165, 1.54) is 22.7 Å². The van der Waals surface area contributed by atoms with Gasteiger partial charge in [-0.2, -0.15) is 0 Å². The first kappa shape index (κ1) is 26.0. The number of aromatic nitrogens is 2. The number of ether oxygens (including phenoxy) is 3. The van der Waals surface area contributed by atoms with E-state index in [9.17, 15) is 4.79 Å². The number of hydrogen-bond acceptors (Lipinski definition) is 10. The molecule has 198 valence electrons. The molecule has 0 aliphatic rings. The summed E-state index contributed by atoms with van der Waals surface area (Å²) in [6.45, 7) is 0.194. The van der Waals surface area contributed by atoms with Crippen LogP contribution in [0.5, 0.6) is 11.5 Å². The second-order valence-corrected chi connectivity index (χ2v) is 10.1. The van der Waals surface area contributed by atoms with Crippen molar-refractivity contribution in [3.05, 3.63) is 83.7 Å². The first-order chi connectivity index (χ1) is 19.0. The summed E-state index contributed by atoms with van der Waals surface area (Å²) in [6, 6.07) is 22.4. The maximum Gasteiger partial charge on any atom is 0.411 e. The molecule has 0 radical (unpaired) electrons. The van der Waals surface area contributed by atoms with Crippen LogP contribution in [0, 0.1) is 0 Å². The highest BCUT2D eigenvalue weighted by Crippen LogP contribution is 2.40. The lowest BCUT2D eigenvalue weighted by molar-refractivity contribution is 0.155. The van der Waals surface area contributed by atoms with Crippen LogP contribution in [0.1, 0.15) is 5.56 Å². The van der Waals surface area contributed by atoms with Gasteiger partial charge in [0.2, 0.25) is 0 Å². The minimum atomic E-state index is -0.528. The molecule has 4 N–H and O–H groups in total. The first-order valence-electron chi connectivity index (χ1n) is 11.8. The first-order valence-corrected chi connectivity index (χ1v) is 13.5. The molecule has 2 aromatic heterocycles. The van der Waals surface area contributed by atoms with Crippen molar-refractivity contribution in [3.63, 3.8) is 0 Å². The lowest BCUT2D eigenvalue weighted by atomic mass is 10.1. The van der Waals surface area contributed by atoms with Crippen molar-refractivity contribution in [1.29, 1.82) is 0 Å². The third-order valence-corrected chi connectivity index (χ3v) is 7.60. The quantitative estimate of drug-likeness (QED) is 0.176. The van der Waals surface area contributed by atoms with Gasteiger partial charge < -0.3 is 25.3 Å². The zero-order chi connectivity index (χ0) is 27.2. The Morgan fingerprint density at radius 1 is 0.974 bits per heavy atom. The second kappa shape index (κ2) is 11.8. The van der Waals surface area contributed by atoms with Crippen LogP contribution in [0.25, 0.3) is 21.1 Å². The summed E-state index contributed by atoms with van der Waals surface area (Å²) < 4.78 is 16.1. The monoisotopic (exact) mass is 559 g/mol. The Labute approximate surface area is 233 Å². The number of hydrogen-bond donors (Lipinski definition) is 3. The molecule has 39 heavy (non-hydrogen) atoms. The van der Waals surface area contributed by atoms with E-state index in [0.29, 0.717) is 33.8 Å². The van der Waals surface area contributed by atoms with E-state index in [2.05, 4.69) is 15.6 Å². The van der Waals surface area contributed by atoms with Crippen molar-refractivity contribution < 1.29 is 19.0 Å². The van der Waals surface area contributed by atoms with Gasteiger partial charge >= 0.3 is 6.09 Å². The van der Waals surface area contributed by atoms with Crippen molar-refractivity contribution in [1.82, 2.24) is 9.97 Å². The molecule has 0 unspecified atom stereocenters. The standard InChI is InChI=1S/C28H25N5O4S2/c1-35-20-11-12-23(36-2)21(14-20)32-27-33-25(29)24(39-27)26-31-22(16-38-26)18-9-6-10-19(13-18)30-28(34)37-15-17-7-4-3-5-8-17/h3-14,16H,15,29H2,1-2H3,(H,30,34)(H,32,33). The number of amides is 1. The van der Waals surface area contributed by atoms with Crippen LogP contribution in [-0.2, 0) is 11.3 Å². The molecule has 0 atom stereocenters. The number of benzene rings is 3. The fourth-order valence-electron chi connectivity index (χ4n) is 3.71. The Hall–Kier alpha value is -4.61. The fraction of sp³-hybridized carbons (Fsp3) is 0.107. The Bertz CT molecular complexity index is 1590. The lowest BCUT2D eigenvalue weighted by Crippen LogP contribution is -2.13. The molecule has 0 spiro atoms. The number of nitrogen functional groups attached to an aromatic ring is 1. The third-order valence-electron chi connectivity index (χ3n) is 5.62. The molecule has 3 aromatic carbocycles. The summed E-state index contributed by atoms with van der Waals surface area (Å²) in [6.07, 6.45) is -0.528. The number of methoxy groups -OCH3 is 2. The van der Waals surface area contributed by atoms with Crippen molar-refractivity contribution >= 4 is 51.1 Å². The normalized spacial score (nSPS) is 10.6. The molecule has 0 saturated heterocycles. The number of nitrogens with zero attached hydrogens (tertiary/aromatic N) is 2. The molecular weight excluding hydrogens is 534 g/mol. The minimum absolute atomic E-state index is 0.194. The molecule has 0 aliphatic heterocycles. The topological polar surface area (TPSA) is 121 Å². The maximum atomic E-state index is 12.3. The summed E-state index contributed by atoms with van der Waals surface area (Å²) >= 11 is 2.86. The van der Waals surface area contributed by atoms with Gasteiger partial charge in [0.25, 0.3) is 0 Å². The second-order valence-electron chi connectivity index (χ2n) is 8.23. The van der Waals surface area contributed by atoms with Gasteiger partial charge in [-0.15, -0.1) is 11.3 Å². The van der Waals surface area contributed by atoms with E-state index >= 15 is 0 Å². The maximum absolute atomic E-state index is 12.3. The minimum Gasteiger partial charge on any atom is -0.497 e. The predicted molar refractivity (Wildman–Crippen MR) is 156 cm³/mol. The van der Waals surface area contributed by atoms with E-state index in [1.807, 2.05) is 72.1 Å². The van der Waals surface area contributed by atoms with Gasteiger partial charge in [-0.1, -0.05) is 53.8 Å². The van der Waals surface area contributed by atoms with Gasteiger partial charge in [-0.3, -0.25) is 5.32 Å². The molecule has 5 rings (SSSR count). The van der Waals surface area contributed by atoms with E-state index in [-0.39, 0.29) is 6.61 Å². The summed E-state index contributed by atoms with van der Waals surface area (Å²) in [5, 5.41) is 9.32. The number of thiazole rings is 2. The number of nitrogens with one attached hydrogen (secondary N) is 2. The van der Waals surface area contributed by atoms with E-state index in [4.69, 9.17) is 24.9 Å². The Morgan fingerprint density at radius 3 is 2.62 bits per heavy atom. The van der Waals surface area contributed by atoms with Gasteiger partial charge in [0.05, 0.1) is 25.6 Å². The van der Waals surface area contributed by atoms with Crippen molar-refractivity contribution in [2.24, 2.45) is 0 Å². The number of nitrogens with two attached hydrogens (primary N) is 1. The van der Waals surface area contributed by atoms with Crippen LogP contribution in [0.4, 0.5) is 27.1 Å². The number of rotatable bonds is 9. The van der Waals surface area contributed by atoms with Crippen molar-refractivity contribution in [2.45, 2.75) is 6.61 Å². The molecule has 9 nitrogen and oxygen atoms in total. The Kier molecular flexibility index (Phi) is 7.90. The Balaban J connectivity index is 1.28. The van der Waals surface area contributed by atoms with Crippen LogP contribution in [-0.4, -0.2) is 30.3 Å². The van der Waals surface area contributed by atoms with Gasteiger partial charge in [-0.25, -0.2) is 14.8 Å². The molecule has 0 aliphatic carbocycles. The van der Waals surface area contributed by atoms with E-state index in [0.717, 1.165) is 26.7 Å². The average Bonchev–Trinajstić information content (AvgIpc) is 3.59. The summed E-state index contributed by atoms with van der Waals surface area (Å²) in [4.78, 5) is 22.3. The highest BCUT2D eigenvalue weighted by Gasteiger charge is 2.17. The average molecular weight is 560 g/mol. The number of carbonyl (C=O) groups is 1. The lowest BCUT2D eigenvalue weighted by Gasteiger charge is -2.10. The zero-order valence-electron chi connectivity index (χ0n) is 21.1.